The fraction of sp³-hybridized carbons (Fsp3) is 0.154. The van der Waals surface area contributed by atoms with Gasteiger partial charge in [0.05, 0.1) is 17.9 Å². The Labute approximate surface area is 190 Å². The molecular weight excluding hydrogens is 426 g/mol. The van der Waals surface area contributed by atoms with Gasteiger partial charge in [-0.3, -0.25) is 9.59 Å². The number of carbonyl (C=O) groups is 2. The van der Waals surface area contributed by atoms with E-state index in [0.29, 0.717) is 23.6 Å². The van der Waals surface area contributed by atoms with Gasteiger partial charge in [-0.2, -0.15) is 0 Å². The fourth-order valence-electron chi connectivity index (χ4n) is 3.79. The Bertz CT molecular complexity index is 1280. The van der Waals surface area contributed by atoms with Crippen LogP contribution in [0.2, 0.25) is 0 Å². The van der Waals surface area contributed by atoms with Crippen LogP contribution in [0.1, 0.15) is 23.6 Å². The van der Waals surface area contributed by atoms with Gasteiger partial charge in [0.2, 0.25) is 0 Å². The summed E-state index contributed by atoms with van der Waals surface area (Å²) in [7, 11) is 0. The van der Waals surface area contributed by atoms with E-state index in [1.54, 1.807) is 30.3 Å². The number of anilines is 2. The van der Waals surface area contributed by atoms with E-state index >= 15 is 0 Å². The zero-order valence-corrected chi connectivity index (χ0v) is 18.4. The Hall–Kier alpha value is -4.00. The van der Waals surface area contributed by atoms with Crippen LogP contribution in [0.15, 0.2) is 66.4 Å². The summed E-state index contributed by atoms with van der Waals surface area (Å²) in [6, 6.07) is 15.4. The zero-order chi connectivity index (χ0) is 23.7. The number of carbonyl (C=O) groups excluding carboxylic acids is 2. The number of hydrogen-bond donors (Lipinski definition) is 1. The molecule has 5 nitrogen and oxygen atoms in total. The SMILES string of the molecule is CCOc1ccc(NC2=C(c3ccc(C)cc3C)C(=O)N(c3ccc(F)c(F)c3)C2=O)cc1. The van der Waals surface area contributed by atoms with Crippen molar-refractivity contribution in [1.29, 1.82) is 0 Å². The minimum atomic E-state index is -1.14. The highest BCUT2D eigenvalue weighted by molar-refractivity contribution is 6.46. The van der Waals surface area contributed by atoms with Crippen LogP contribution in [0.5, 0.6) is 5.75 Å². The average molecular weight is 448 g/mol. The maximum Gasteiger partial charge on any atom is 0.282 e. The normalized spacial score (nSPS) is 13.7. The molecule has 0 radical (unpaired) electrons. The minimum absolute atomic E-state index is 0.0466. The third kappa shape index (κ3) is 4.22. The lowest BCUT2D eigenvalue weighted by molar-refractivity contribution is -0.120. The van der Waals surface area contributed by atoms with Gasteiger partial charge < -0.3 is 10.1 Å². The summed E-state index contributed by atoms with van der Waals surface area (Å²) >= 11 is 0. The molecule has 0 aromatic heterocycles. The maximum atomic E-state index is 13.9. The number of aryl methyl sites for hydroxylation is 2. The monoisotopic (exact) mass is 448 g/mol. The first-order valence-electron chi connectivity index (χ1n) is 10.5. The molecule has 3 aromatic carbocycles. The van der Waals surface area contributed by atoms with Crippen molar-refractivity contribution >= 4 is 28.8 Å². The summed E-state index contributed by atoms with van der Waals surface area (Å²) < 4.78 is 32.8. The second-order valence-electron chi connectivity index (χ2n) is 7.69. The fourth-order valence-corrected chi connectivity index (χ4v) is 3.79. The van der Waals surface area contributed by atoms with Crippen molar-refractivity contribution in [2.24, 2.45) is 0 Å². The van der Waals surface area contributed by atoms with E-state index in [0.717, 1.165) is 28.2 Å². The third-order valence-corrected chi connectivity index (χ3v) is 5.33. The molecule has 0 atom stereocenters. The Morgan fingerprint density at radius 3 is 2.24 bits per heavy atom. The molecule has 1 heterocycles. The van der Waals surface area contributed by atoms with Crippen LogP contribution in [0.4, 0.5) is 20.2 Å². The molecule has 0 spiro atoms. The highest BCUT2D eigenvalue weighted by Gasteiger charge is 2.41. The average Bonchev–Trinajstić information content (AvgIpc) is 3.01. The van der Waals surface area contributed by atoms with Crippen LogP contribution in [-0.2, 0) is 9.59 Å². The lowest BCUT2D eigenvalue weighted by atomic mass is 9.97. The van der Waals surface area contributed by atoms with E-state index in [-0.39, 0.29) is 17.0 Å². The van der Waals surface area contributed by atoms with Crippen LogP contribution in [0.3, 0.4) is 0 Å². The number of nitrogens with zero attached hydrogens (tertiary/aromatic N) is 1. The van der Waals surface area contributed by atoms with E-state index < -0.39 is 23.4 Å². The predicted octanol–water partition coefficient (Wildman–Crippen LogP) is 5.38. The molecular formula is C26H22F2N2O3. The third-order valence-electron chi connectivity index (χ3n) is 5.33. The molecule has 0 bridgehead atoms. The topological polar surface area (TPSA) is 58.6 Å². The molecule has 1 N–H and O–H groups in total. The number of amides is 2. The molecule has 4 rings (SSSR count). The second kappa shape index (κ2) is 8.86. The van der Waals surface area contributed by atoms with Gasteiger partial charge in [-0.25, -0.2) is 13.7 Å². The van der Waals surface area contributed by atoms with Crippen molar-refractivity contribution in [3.8, 4) is 5.75 Å². The van der Waals surface area contributed by atoms with Gasteiger partial charge in [0.25, 0.3) is 11.8 Å². The second-order valence-corrected chi connectivity index (χ2v) is 7.69. The maximum absolute atomic E-state index is 13.9. The predicted molar refractivity (Wildman–Crippen MR) is 123 cm³/mol. The molecule has 168 valence electrons. The molecule has 7 heteroatoms. The number of imide groups is 1. The molecule has 0 saturated heterocycles. The van der Waals surface area contributed by atoms with Crippen molar-refractivity contribution in [3.05, 3.63) is 94.7 Å². The number of benzene rings is 3. The summed E-state index contributed by atoms with van der Waals surface area (Å²) in [6.45, 7) is 6.18. The van der Waals surface area contributed by atoms with E-state index in [2.05, 4.69) is 5.32 Å². The largest absolute Gasteiger partial charge is 0.494 e. The first-order valence-corrected chi connectivity index (χ1v) is 10.5. The summed E-state index contributed by atoms with van der Waals surface area (Å²) in [5, 5.41) is 3.05. The lowest BCUT2D eigenvalue weighted by Crippen LogP contribution is -2.32. The van der Waals surface area contributed by atoms with E-state index in [1.807, 2.05) is 32.9 Å². The first-order chi connectivity index (χ1) is 15.8. The quantitative estimate of drug-likeness (QED) is 0.515. The molecule has 0 fully saturated rings. The van der Waals surface area contributed by atoms with Gasteiger partial charge in [-0.15, -0.1) is 0 Å². The molecule has 2 amide bonds. The van der Waals surface area contributed by atoms with Crippen molar-refractivity contribution in [3.63, 3.8) is 0 Å². The molecule has 0 unspecified atom stereocenters. The van der Waals surface area contributed by atoms with Crippen molar-refractivity contribution in [2.45, 2.75) is 20.8 Å². The Morgan fingerprint density at radius 2 is 1.61 bits per heavy atom. The number of nitrogens with one attached hydrogen (secondary N) is 1. The Balaban J connectivity index is 1.81. The van der Waals surface area contributed by atoms with Crippen LogP contribution in [-0.4, -0.2) is 18.4 Å². The van der Waals surface area contributed by atoms with Crippen LogP contribution < -0.4 is 15.0 Å². The summed E-state index contributed by atoms with van der Waals surface area (Å²) in [4.78, 5) is 27.7. The summed E-state index contributed by atoms with van der Waals surface area (Å²) in [5.74, 6) is -2.81. The van der Waals surface area contributed by atoms with Crippen molar-refractivity contribution < 1.29 is 23.1 Å². The summed E-state index contributed by atoms with van der Waals surface area (Å²) in [5.41, 5.74) is 3.14. The van der Waals surface area contributed by atoms with Crippen LogP contribution in [0.25, 0.3) is 5.57 Å². The number of ether oxygens (including phenoxy) is 1. The molecule has 0 aliphatic carbocycles. The van der Waals surface area contributed by atoms with Gasteiger partial charge in [0, 0.05) is 11.8 Å². The zero-order valence-electron chi connectivity index (χ0n) is 18.4. The van der Waals surface area contributed by atoms with Gasteiger partial charge in [-0.05, 0) is 68.3 Å². The number of halogens is 2. The van der Waals surface area contributed by atoms with Gasteiger partial charge in [-0.1, -0.05) is 23.8 Å². The van der Waals surface area contributed by atoms with Crippen LogP contribution >= 0.6 is 0 Å². The minimum Gasteiger partial charge on any atom is -0.494 e. The molecule has 3 aromatic rings. The highest BCUT2D eigenvalue weighted by atomic mass is 19.2. The van der Waals surface area contributed by atoms with E-state index in [9.17, 15) is 18.4 Å². The van der Waals surface area contributed by atoms with Crippen molar-refractivity contribution in [1.82, 2.24) is 0 Å². The Kier molecular flexibility index (Phi) is 5.96. The van der Waals surface area contributed by atoms with Gasteiger partial charge >= 0.3 is 0 Å². The number of rotatable bonds is 6. The van der Waals surface area contributed by atoms with Gasteiger partial charge in [0.15, 0.2) is 11.6 Å². The van der Waals surface area contributed by atoms with Gasteiger partial charge in [0.1, 0.15) is 11.4 Å². The lowest BCUT2D eigenvalue weighted by Gasteiger charge is -2.16. The van der Waals surface area contributed by atoms with Crippen LogP contribution in [0, 0.1) is 25.5 Å². The van der Waals surface area contributed by atoms with E-state index in [4.69, 9.17) is 4.74 Å². The molecule has 33 heavy (non-hydrogen) atoms. The first kappa shape index (κ1) is 22.2. The smallest absolute Gasteiger partial charge is 0.282 e. The summed E-state index contributed by atoms with van der Waals surface area (Å²) in [6.07, 6.45) is 0. The highest BCUT2D eigenvalue weighted by Crippen LogP contribution is 2.35. The van der Waals surface area contributed by atoms with Crippen molar-refractivity contribution in [2.75, 3.05) is 16.8 Å². The Morgan fingerprint density at radius 1 is 0.879 bits per heavy atom. The molecule has 1 aliphatic heterocycles. The standard InChI is InChI=1S/C26H22F2N2O3/c1-4-33-19-9-6-17(7-10-19)29-24-23(20-11-5-15(2)13-16(20)3)25(31)30(26(24)32)18-8-12-21(27)22(28)14-18/h5-14,29H,4H2,1-3H3. The molecule has 0 saturated carbocycles. The number of hydrogen-bond acceptors (Lipinski definition) is 4. The molecule has 1 aliphatic rings. The van der Waals surface area contributed by atoms with E-state index in [1.165, 1.54) is 6.07 Å².